The summed E-state index contributed by atoms with van der Waals surface area (Å²) in [5.41, 5.74) is 9.50. The minimum Gasteiger partial charge on any atom is -0.447 e. The van der Waals surface area contributed by atoms with Crippen molar-refractivity contribution in [3.8, 4) is 0 Å². The molecule has 41 heavy (non-hydrogen) atoms. The zero-order chi connectivity index (χ0) is 27.6. The maximum atomic E-state index is 13.3. The smallest absolute Gasteiger partial charge is 0.414 e. The molecule has 3 aliphatic carbocycles. The Morgan fingerprint density at radius 1 is 0.707 bits per heavy atom. The predicted molar refractivity (Wildman–Crippen MR) is 166 cm³/mol. The van der Waals surface area contributed by atoms with Crippen LogP contribution in [0.15, 0.2) is 96.7 Å². The number of amides is 1. The first kappa shape index (κ1) is 26.3. The van der Waals surface area contributed by atoms with Gasteiger partial charge in [-0.05, 0) is 70.9 Å². The molecule has 7 rings (SSSR count). The molecule has 3 heteroatoms. The molecular weight excluding hydrogens is 502 g/mol. The van der Waals surface area contributed by atoms with Crippen molar-refractivity contribution in [3.05, 3.63) is 119 Å². The first-order valence-electron chi connectivity index (χ1n) is 15.9. The molecule has 1 saturated heterocycles. The SMILES string of the molecule is O=C1OCC(c2ccccc2)N1/C=C1/C(C(c2ccccc2)C2CCCCC2)=C(C2CCCCC2)c2ccccc21. The summed E-state index contributed by atoms with van der Waals surface area (Å²) >= 11 is 0. The first-order chi connectivity index (χ1) is 20.3. The van der Waals surface area contributed by atoms with Crippen LogP contribution >= 0.6 is 0 Å². The number of fused-ring (bicyclic) bond motifs is 1. The van der Waals surface area contributed by atoms with Gasteiger partial charge in [-0.3, -0.25) is 4.90 Å². The number of rotatable bonds is 6. The van der Waals surface area contributed by atoms with Crippen LogP contribution in [0.4, 0.5) is 4.79 Å². The van der Waals surface area contributed by atoms with Gasteiger partial charge in [0.05, 0.1) is 6.04 Å². The van der Waals surface area contributed by atoms with Crippen LogP contribution in [-0.2, 0) is 4.74 Å². The van der Waals surface area contributed by atoms with Crippen molar-refractivity contribution in [2.75, 3.05) is 6.61 Å². The zero-order valence-corrected chi connectivity index (χ0v) is 24.0. The quantitative estimate of drug-likeness (QED) is 0.310. The highest BCUT2D eigenvalue weighted by molar-refractivity contribution is 6.02. The van der Waals surface area contributed by atoms with Crippen molar-refractivity contribution in [1.29, 1.82) is 0 Å². The predicted octanol–water partition coefficient (Wildman–Crippen LogP) is 9.93. The molecule has 1 aliphatic heterocycles. The Hall–Kier alpha value is -3.59. The number of allylic oxidation sites excluding steroid dienone is 3. The Morgan fingerprint density at radius 2 is 1.32 bits per heavy atom. The fourth-order valence-electron chi connectivity index (χ4n) is 8.14. The van der Waals surface area contributed by atoms with E-state index in [1.165, 1.54) is 92.0 Å². The molecule has 0 aromatic heterocycles. The van der Waals surface area contributed by atoms with Gasteiger partial charge in [0, 0.05) is 17.7 Å². The lowest BCUT2D eigenvalue weighted by Crippen LogP contribution is -2.24. The standard InChI is InChI=1S/C38H41NO2/c40-38-39(34(26-41-38)27-15-5-1-6-16-27)25-33-31-23-13-14-24-32(31)36(30-21-11-4-12-22-30)37(33)35(28-17-7-2-8-18-28)29-19-9-3-10-20-29/h1-2,5-8,13-18,23-25,29-30,34-35H,3-4,9-12,19-22,26H2/b33-25+. The molecule has 3 aromatic carbocycles. The van der Waals surface area contributed by atoms with Gasteiger partial charge in [0.2, 0.25) is 0 Å². The van der Waals surface area contributed by atoms with Crippen LogP contribution in [-0.4, -0.2) is 17.6 Å². The molecule has 3 aromatic rings. The molecular formula is C38H41NO2. The molecule has 4 aliphatic rings. The van der Waals surface area contributed by atoms with E-state index in [4.69, 9.17) is 4.74 Å². The summed E-state index contributed by atoms with van der Waals surface area (Å²) in [6.45, 7) is 0.382. The number of ether oxygens (including phenoxy) is 1. The largest absolute Gasteiger partial charge is 0.447 e. The second kappa shape index (κ2) is 11.7. The average molecular weight is 544 g/mol. The fraction of sp³-hybridized carbons (Fsp3) is 0.395. The van der Waals surface area contributed by atoms with Crippen molar-refractivity contribution in [3.63, 3.8) is 0 Å². The van der Waals surface area contributed by atoms with Crippen LogP contribution in [0, 0.1) is 11.8 Å². The monoisotopic (exact) mass is 543 g/mol. The first-order valence-corrected chi connectivity index (χ1v) is 15.9. The zero-order valence-electron chi connectivity index (χ0n) is 24.0. The van der Waals surface area contributed by atoms with Gasteiger partial charge >= 0.3 is 6.09 Å². The lowest BCUT2D eigenvalue weighted by molar-refractivity contribution is 0.166. The lowest BCUT2D eigenvalue weighted by atomic mass is 9.69. The van der Waals surface area contributed by atoms with E-state index in [1.807, 2.05) is 11.0 Å². The minimum absolute atomic E-state index is 0.117. The van der Waals surface area contributed by atoms with E-state index in [9.17, 15) is 4.79 Å². The number of benzene rings is 3. The number of carbonyl (C=O) groups excluding carboxylic acids is 1. The third kappa shape index (κ3) is 5.05. The molecule has 0 radical (unpaired) electrons. The van der Waals surface area contributed by atoms with Crippen LogP contribution in [0.1, 0.15) is 98.4 Å². The molecule has 3 fully saturated rings. The van der Waals surface area contributed by atoms with E-state index < -0.39 is 0 Å². The number of hydrogen-bond donors (Lipinski definition) is 0. The normalized spacial score (nSPS) is 23.6. The summed E-state index contributed by atoms with van der Waals surface area (Å²) in [7, 11) is 0. The Labute approximate surface area is 244 Å². The van der Waals surface area contributed by atoms with Gasteiger partial charge in [-0.15, -0.1) is 0 Å². The van der Waals surface area contributed by atoms with Gasteiger partial charge in [0.1, 0.15) is 6.61 Å². The van der Waals surface area contributed by atoms with Gasteiger partial charge in [-0.2, -0.15) is 0 Å². The summed E-state index contributed by atoms with van der Waals surface area (Å²) in [6, 6.07) is 30.5. The Kier molecular flexibility index (Phi) is 7.52. The molecule has 1 heterocycles. The Balaban J connectivity index is 1.44. The van der Waals surface area contributed by atoms with Gasteiger partial charge in [-0.1, -0.05) is 123 Å². The van der Waals surface area contributed by atoms with E-state index in [2.05, 4.69) is 85.1 Å². The summed E-state index contributed by atoms with van der Waals surface area (Å²) in [4.78, 5) is 15.2. The van der Waals surface area contributed by atoms with Crippen LogP contribution in [0.5, 0.6) is 0 Å². The van der Waals surface area contributed by atoms with Gasteiger partial charge in [0.25, 0.3) is 0 Å². The van der Waals surface area contributed by atoms with Crippen molar-refractivity contribution < 1.29 is 9.53 Å². The van der Waals surface area contributed by atoms with Crippen molar-refractivity contribution in [2.24, 2.45) is 11.8 Å². The fourth-order valence-corrected chi connectivity index (χ4v) is 8.14. The van der Waals surface area contributed by atoms with Gasteiger partial charge < -0.3 is 4.74 Å². The molecule has 2 unspecified atom stereocenters. The van der Waals surface area contributed by atoms with E-state index >= 15 is 0 Å². The summed E-state index contributed by atoms with van der Waals surface area (Å²) in [6.07, 6.45) is 14.9. The highest BCUT2D eigenvalue weighted by Crippen LogP contribution is 2.56. The average Bonchev–Trinajstić information content (AvgIpc) is 3.57. The summed E-state index contributed by atoms with van der Waals surface area (Å²) in [5.74, 6) is 1.49. The van der Waals surface area contributed by atoms with Crippen LogP contribution in [0.2, 0.25) is 0 Å². The second-order valence-corrected chi connectivity index (χ2v) is 12.4. The third-order valence-electron chi connectivity index (χ3n) is 10.1. The van der Waals surface area contributed by atoms with Crippen LogP contribution in [0.3, 0.4) is 0 Å². The molecule has 0 N–H and O–H groups in total. The lowest BCUT2D eigenvalue weighted by Gasteiger charge is -2.35. The van der Waals surface area contributed by atoms with Crippen LogP contribution < -0.4 is 0 Å². The Morgan fingerprint density at radius 3 is 2.02 bits per heavy atom. The summed E-state index contributed by atoms with van der Waals surface area (Å²) in [5, 5.41) is 0. The molecule has 2 saturated carbocycles. The molecule has 2 atom stereocenters. The van der Waals surface area contributed by atoms with Crippen molar-refractivity contribution in [1.82, 2.24) is 4.90 Å². The van der Waals surface area contributed by atoms with E-state index in [-0.39, 0.29) is 12.1 Å². The van der Waals surface area contributed by atoms with Gasteiger partial charge in [-0.25, -0.2) is 4.79 Å². The maximum absolute atomic E-state index is 13.3. The molecule has 0 bridgehead atoms. The number of carbonyl (C=O) groups is 1. The highest BCUT2D eigenvalue weighted by Gasteiger charge is 2.41. The second-order valence-electron chi connectivity index (χ2n) is 12.4. The highest BCUT2D eigenvalue weighted by atomic mass is 16.6. The maximum Gasteiger partial charge on any atom is 0.414 e. The van der Waals surface area contributed by atoms with Gasteiger partial charge in [0.15, 0.2) is 0 Å². The summed E-state index contributed by atoms with van der Waals surface area (Å²) < 4.78 is 5.70. The number of hydrogen-bond acceptors (Lipinski definition) is 2. The van der Waals surface area contributed by atoms with Crippen LogP contribution in [0.25, 0.3) is 11.1 Å². The van der Waals surface area contributed by atoms with E-state index in [0.717, 1.165) is 5.56 Å². The number of cyclic esters (lactones) is 1. The topological polar surface area (TPSA) is 29.5 Å². The van der Waals surface area contributed by atoms with E-state index in [0.29, 0.717) is 24.4 Å². The molecule has 210 valence electrons. The van der Waals surface area contributed by atoms with Crippen molar-refractivity contribution >= 4 is 17.2 Å². The number of nitrogens with zero attached hydrogens (tertiary/aromatic N) is 1. The third-order valence-corrected chi connectivity index (χ3v) is 10.1. The molecule has 3 nitrogen and oxygen atoms in total. The Bertz CT molecular complexity index is 1430. The van der Waals surface area contributed by atoms with Crippen molar-refractivity contribution in [2.45, 2.75) is 76.2 Å². The molecule has 0 spiro atoms. The molecule has 1 amide bonds. The van der Waals surface area contributed by atoms with E-state index in [1.54, 1.807) is 5.57 Å². The minimum atomic E-state index is -0.247.